The highest BCUT2D eigenvalue weighted by molar-refractivity contribution is 5.85. The van der Waals surface area contributed by atoms with Crippen LogP contribution in [0.3, 0.4) is 0 Å². The van der Waals surface area contributed by atoms with Crippen molar-refractivity contribution in [2.45, 2.75) is 51.9 Å². The monoisotopic (exact) mass is 238 g/mol. The van der Waals surface area contributed by atoms with Crippen molar-refractivity contribution in [3.8, 4) is 0 Å². The molecule has 1 aliphatic carbocycles. The Morgan fingerprint density at radius 1 is 1.35 bits per heavy atom. The Morgan fingerprint density at radius 3 is 2.71 bits per heavy atom. The molecule has 1 heterocycles. The molecule has 1 aliphatic heterocycles. The van der Waals surface area contributed by atoms with Gasteiger partial charge in [-0.2, -0.15) is 0 Å². The molecule has 0 radical (unpaired) electrons. The van der Waals surface area contributed by atoms with Crippen LogP contribution in [-0.2, 0) is 4.79 Å². The topological polar surface area (TPSA) is 46.3 Å². The molecule has 1 amide bonds. The van der Waals surface area contributed by atoms with Gasteiger partial charge in [-0.1, -0.05) is 19.8 Å². The van der Waals surface area contributed by atoms with Crippen molar-refractivity contribution in [2.24, 2.45) is 17.1 Å². The molecular formula is C14H26N2O. The van der Waals surface area contributed by atoms with Gasteiger partial charge in [-0.15, -0.1) is 0 Å². The van der Waals surface area contributed by atoms with Crippen LogP contribution in [0.1, 0.15) is 51.9 Å². The maximum absolute atomic E-state index is 12.4. The number of carbonyl (C=O) groups is 1. The highest BCUT2D eigenvalue weighted by Gasteiger charge is 2.50. The minimum atomic E-state index is -0.148. The summed E-state index contributed by atoms with van der Waals surface area (Å²) in [7, 11) is 0. The Bertz CT molecular complexity index is 273. The first-order valence-corrected chi connectivity index (χ1v) is 7.21. The summed E-state index contributed by atoms with van der Waals surface area (Å²) in [6, 6.07) is 0. The van der Waals surface area contributed by atoms with Gasteiger partial charge < -0.3 is 10.6 Å². The van der Waals surface area contributed by atoms with Gasteiger partial charge in [-0.05, 0) is 38.0 Å². The molecule has 0 aromatic carbocycles. The zero-order chi connectivity index (χ0) is 12.3. The smallest absolute Gasteiger partial charge is 0.230 e. The first kappa shape index (κ1) is 12.9. The van der Waals surface area contributed by atoms with Crippen LogP contribution >= 0.6 is 0 Å². The van der Waals surface area contributed by atoms with E-state index in [0.717, 1.165) is 31.8 Å². The van der Waals surface area contributed by atoms with Crippen molar-refractivity contribution in [3.05, 3.63) is 0 Å². The zero-order valence-corrected chi connectivity index (χ0v) is 11.1. The maximum Gasteiger partial charge on any atom is 0.230 e. The third kappa shape index (κ3) is 2.82. The van der Waals surface area contributed by atoms with Gasteiger partial charge in [-0.25, -0.2) is 0 Å². The number of nitrogens with two attached hydrogens (primary N) is 1. The normalized spacial score (nSPS) is 27.6. The van der Waals surface area contributed by atoms with Crippen molar-refractivity contribution in [1.82, 2.24) is 4.90 Å². The molecule has 1 saturated carbocycles. The molecule has 2 fully saturated rings. The standard InChI is InChI=1S/C14H26N2O/c1-2-4-12-5-3-9-16(10-6-12)13(17)14(11-15)7-8-14/h12H,2-11,15H2,1H3. The number of hydrogen-bond donors (Lipinski definition) is 1. The number of likely N-dealkylation sites (tertiary alicyclic amines) is 1. The average molecular weight is 238 g/mol. The maximum atomic E-state index is 12.4. The fraction of sp³-hybridized carbons (Fsp3) is 0.929. The quantitative estimate of drug-likeness (QED) is 0.815. The summed E-state index contributed by atoms with van der Waals surface area (Å²) in [5, 5.41) is 0. The highest BCUT2D eigenvalue weighted by Crippen LogP contribution is 2.46. The fourth-order valence-electron chi connectivity index (χ4n) is 3.06. The van der Waals surface area contributed by atoms with E-state index in [9.17, 15) is 4.79 Å². The van der Waals surface area contributed by atoms with Crippen LogP contribution < -0.4 is 5.73 Å². The number of hydrogen-bond acceptors (Lipinski definition) is 2. The molecule has 3 nitrogen and oxygen atoms in total. The Kier molecular flexibility index (Phi) is 4.08. The summed E-state index contributed by atoms with van der Waals surface area (Å²) in [6.07, 6.45) is 8.29. The van der Waals surface area contributed by atoms with Gasteiger partial charge in [0.05, 0.1) is 5.41 Å². The van der Waals surface area contributed by atoms with Crippen LogP contribution in [0.4, 0.5) is 0 Å². The number of rotatable bonds is 4. The third-order valence-electron chi connectivity index (χ3n) is 4.53. The van der Waals surface area contributed by atoms with Gasteiger partial charge >= 0.3 is 0 Å². The van der Waals surface area contributed by atoms with Crippen LogP contribution in [0, 0.1) is 11.3 Å². The molecule has 2 rings (SSSR count). The van der Waals surface area contributed by atoms with Crippen molar-refractivity contribution in [3.63, 3.8) is 0 Å². The second kappa shape index (κ2) is 5.38. The Morgan fingerprint density at radius 2 is 2.12 bits per heavy atom. The molecular weight excluding hydrogens is 212 g/mol. The SMILES string of the molecule is CCCC1CCCN(C(=O)C2(CN)CC2)CC1. The Labute approximate surface area is 105 Å². The van der Waals surface area contributed by atoms with Gasteiger partial charge in [0.2, 0.25) is 5.91 Å². The molecule has 2 aliphatic rings. The van der Waals surface area contributed by atoms with Crippen LogP contribution in [0.15, 0.2) is 0 Å². The summed E-state index contributed by atoms with van der Waals surface area (Å²) in [4.78, 5) is 14.5. The van der Waals surface area contributed by atoms with Crippen molar-refractivity contribution in [2.75, 3.05) is 19.6 Å². The summed E-state index contributed by atoms with van der Waals surface area (Å²) < 4.78 is 0. The minimum Gasteiger partial charge on any atom is -0.342 e. The largest absolute Gasteiger partial charge is 0.342 e. The van der Waals surface area contributed by atoms with Gasteiger partial charge in [0.25, 0.3) is 0 Å². The summed E-state index contributed by atoms with van der Waals surface area (Å²) in [5.41, 5.74) is 5.59. The molecule has 1 unspecified atom stereocenters. The first-order chi connectivity index (χ1) is 8.22. The third-order valence-corrected chi connectivity index (χ3v) is 4.53. The van der Waals surface area contributed by atoms with E-state index < -0.39 is 0 Å². The van der Waals surface area contributed by atoms with Gasteiger partial charge in [0.1, 0.15) is 0 Å². The minimum absolute atomic E-state index is 0.148. The van der Waals surface area contributed by atoms with Crippen LogP contribution in [0.2, 0.25) is 0 Å². The Hall–Kier alpha value is -0.570. The van der Waals surface area contributed by atoms with E-state index in [1.54, 1.807) is 0 Å². The Balaban J connectivity index is 1.88. The van der Waals surface area contributed by atoms with E-state index in [1.807, 2.05) is 0 Å². The predicted molar refractivity (Wildman–Crippen MR) is 69.6 cm³/mol. The molecule has 1 atom stereocenters. The summed E-state index contributed by atoms with van der Waals surface area (Å²) in [6.45, 7) is 4.72. The molecule has 0 aromatic heterocycles. The van der Waals surface area contributed by atoms with Crippen LogP contribution in [0.25, 0.3) is 0 Å². The van der Waals surface area contributed by atoms with E-state index in [4.69, 9.17) is 5.73 Å². The van der Waals surface area contributed by atoms with E-state index in [-0.39, 0.29) is 5.41 Å². The molecule has 0 aromatic rings. The average Bonchev–Trinajstić information content (AvgIpc) is 3.14. The first-order valence-electron chi connectivity index (χ1n) is 7.21. The van der Waals surface area contributed by atoms with Crippen molar-refractivity contribution in [1.29, 1.82) is 0 Å². The highest BCUT2D eigenvalue weighted by atomic mass is 16.2. The van der Waals surface area contributed by atoms with Crippen molar-refractivity contribution < 1.29 is 4.79 Å². The van der Waals surface area contributed by atoms with E-state index in [0.29, 0.717) is 12.5 Å². The van der Waals surface area contributed by atoms with E-state index in [2.05, 4.69) is 11.8 Å². The number of amides is 1. The number of carbonyl (C=O) groups excluding carboxylic acids is 1. The summed E-state index contributed by atoms with van der Waals surface area (Å²) in [5.74, 6) is 1.18. The van der Waals surface area contributed by atoms with E-state index in [1.165, 1.54) is 32.1 Å². The summed E-state index contributed by atoms with van der Waals surface area (Å²) >= 11 is 0. The van der Waals surface area contributed by atoms with Gasteiger partial charge in [0, 0.05) is 19.6 Å². The van der Waals surface area contributed by atoms with Crippen LogP contribution in [0.5, 0.6) is 0 Å². The molecule has 2 N–H and O–H groups in total. The zero-order valence-electron chi connectivity index (χ0n) is 11.1. The molecule has 3 heteroatoms. The second-order valence-electron chi connectivity index (χ2n) is 5.86. The van der Waals surface area contributed by atoms with Gasteiger partial charge in [-0.3, -0.25) is 4.79 Å². The number of nitrogens with zero attached hydrogens (tertiary/aromatic N) is 1. The molecule has 98 valence electrons. The van der Waals surface area contributed by atoms with E-state index >= 15 is 0 Å². The molecule has 0 bridgehead atoms. The van der Waals surface area contributed by atoms with Crippen LogP contribution in [-0.4, -0.2) is 30.4 Å². The van der Waals surface area contributed by atoms with Crippen molar-refractivity contribution >= 4 is 5.91 Å². The fourth-order valence-corrected chi connectivity index (χ4v) is 3.06. The lowest BCUT2D eigenvalue weighted by molar-refractivity contribution is -0.136. The predicted octanol–water partition coefficient (Wildman–Crippen LogP) is 2.15. The molecule has 0 spiro atoms. The van der Waals surface area contributed by atoms with Gasteiger partial charge in [0.15, 0.2) is 0 Å². The lowest BCUT2D eigenvalue weighted by atomic mass is 9.96. The lowest BCUT2D eigenvalue weighted by Crippen LogP contribution is -2.41. The second-order valence-corrected chi connectivity index (χ2v) is 5.86. The molecule has 1 saturated heterocycles. The lowest BCUT2D eigenvalue weighted by Gasteiger charge is -2.25. The molecule has 17 heavy (non-hydrogen) atoms.